The molecule has 1 fully saturated rings. The molecule has 100 valence electrons. The SMILES string of the molecule is CCN(CC[C@@H]1CCCN1)c1ccc(Cl)c(Cl)c1. The second kappa shape index (κ2) is 6.65. The molecule has 0 spiro atoms. The van der Waals surface area contributed by atoms with Crippen molar-refractivity contribution in [2.24, 2.45) is 0 Å². The Bertz CT molecular complexity index is 389. The molecule has 0 saturated carbocycles. The highest BCUT2D eigenvalue weighted by Crippen LogP contribution is 2.27. The van der Waals surface area contributed by atoms with E-state index in [4.69, 9.17) is 23.2 Å². The highest BCUT2D eigenvalue weighted by atomic mass is 35.5. The van der Waals surface area contributed by atoms with E-state index >= 15 is 0 Å². The predicted octanol–water partition coefficient (Wildman–Crippen LogP) is 3.96. The Morgan fingerprint density at radius 2 is 2.17 bits per heavy atom. The molecule has 0 aliphatic carbocycles. The van der Waals surface area contributed by atoms with Gasteiger partial charge in [-0.05, 0) is 50.9 Å². The fourth-order valence-corrected chi connectivity index (χ4v) is 2.76. The molecule has 0 radical (unpaired) electrons. The smallest absolute Gasteiger partial charge is 0.0612 e. The second-order valence-corrected chi connectivity index (χ2v) is 5.57. The first kappa shape index (κ1) is 14.0. The number of nitrogens with one attached hydrogen (secondary N) is 1. The molecule has 0 bridgehead atoms. The van der Waals surface area contributed by atoms with Gasteiger partial charge in [0.05, 0.1) is 10.0 Å². The first-order valence-corrected chi connectivity index (χ1v) is 7.39. The van der Waals surface area contributed by atoms with E-state index in [-0.39, 0.29) is 0 Å². The van der Waals surface area contributed by atoms with E-state index in [1.165, 1.54) is 25.8 Å². The molecule has 1 heterocycles. The molecule has 2 rings (SSSR count). The van der Waals surface area contributed by atoms with Gasteiger partial charge in [-0.1, -0.05) is 23.2 Å². The largest absolute Gasteiger partial charge is 0.372 e. The van der Waals surface area contributed by atoms with Crippen LogP contribution in [0.1, 0.15) is 26.2 Å². The summed E-state index contributed by atoms with van der Waals surface area (Å²) in [6.07, 6.45) is 3.80. The molecule has 1 aliphatic heterocycles. The first-order chi connectivity index (χ1) is 8.70. The van der Waals surface area contributed by atoms with Crippen LogP contribution in [0.15, 0.2) is 18.2 Å². The van der Waals surface area contributed by atoms with Crippen molar-refractivity contribution < 1.29 is 0 Å². The summed E-state index contributed by atoms with van der Waals surface area (Å²) in [5.41, 5.74) is 1.16. The quantitative estimate of drug-likeness (QED) is 0.881. The highest BCUT2D eigenvalue weighted by Gasteiger charge is 2.15. The van der Waals surface area contributed by atoms with Gasteiger partial charge in [0, 0.05) is 24.8 Å². The summed E-state index contributed by atoms with van der Waals surface area (Å²) in [5.74, 6) is 0. The Morgan fingerprint density at radius 1 is 1.33 bits per heavy atom. The number of halogens is 2. The average molecular weight is 287 g/mol. The van der Waals surface area contributed by atoms with Crippen molar-refractivity contribution in [1.82, 2.24) is 5.32 Å². The van der Waals surface area contributed by atoms with E-state index in [1.807, 2.05) is 18.2 Å². The van der Waals surface area contributed by atoms with Crippen LogP contribution in [0.25, 0.3) is 0 Å². The maximum Gasteiger partial charge on any atom is 0.0612 e. The fraction of sp³-hybridized carbons (Fsp3) is 0.571. The number of anilines is 1. The minimum absolute atomic E-state index is 0.619. The zero-order chi connectivity index (χ0) is 13.0. The standard InChI is InChI=1S/C14H20Cl2N2/c1-2-18(9-7-11-4-3-8-17-11)12-5-6-13(15)14(16)10-12/h5-6,10-11,17H,2-4,7-9H2,1H3/t11-/m0/s1. The predicted molar refractivity (Wildman–Crippen MR) is 80.0 cm³/mol. The Hall–Kier alpha value is -0.440. The van der Waals surface area contributed by atoms with Crippen LogP contribution >= 0.6 is 23.2 Å². The molecule has 1 aromatic rings. The number of hydrogen-bond acceptors (Lipinski definition) is 2. The lowest BCUT2D eigenvalue weighted by Gasteiger charge is -2.25. The topological polar surface area (TPSA) is 15.3 Å². The summed E-state index contributed by atoms with van der Waals surface area (Å²) in [4.78, 5) is 2.35. The van der Waals surface area contributed by atoms with Crippen molar-refractivity contribution in [3.8, 4) is 0 Å². The number of nitrogens with zero attached hydrogens (tertiary/aromatic N) is 1. The normalized spacial score (nSPS) is 19.2. The van der Waals surface area contributed by atoms with Crippen molar-refractivity contribution in [3.63, 3.8) is 0 Å². The summed E-state index contributed by atoms with van der Waals surface area (Å²) in [5, 5.41) is 4.78. The van der Waals surface area contributed by atoms with E-state index in [1.54, 1.807) is 0 Å². The lowest BCUT2D eigenvalue weighted by Crippen LogP contribution is -2.30. The third-order valence-electron chi connectivity index (χ3n) is 3.56. The average Bonchev–Trinajstić information content (AvgIpc) is 2.87. The molecular formula is C14H20Cl2N2. The van der Waals surface area contributed by atoms with Gasteiger partial charge in [0.2, 0.25) is 0 Å². The maximum absolute atomic E-state index is 6.07. The molecule has 1 aliphatic rings. The minimum atomic E-state index is 0.619. The molecule has 1 saturated heterocycles. The Balaban J connectivity index is 1.96. The van der Waals surface area contributed by atoms with Crippen LogP contribution in [-0.2, 0) is 0 Å². The van der Waals surface area contributed by atoms with Gasteiger partial charge < -0.3 is 10.2 Å². The molecule has 2 nitrogen and oxygen atoms in total. The zero-order valence-electron chi connectivity index (χ0n) is 10.8. The molecule has 0 aromatic heterocycles. The lowest BCUT2D eigenvalue weighted by atomic mass is 10.1. The minimum Gasteiger partial charge on any atom is -0.372 e. The van der Waals surface area contributed by atoms with Crippen LogP contribution in [0.5, 0.6) is 0 Å². The van der Waals surface area contributed by atoms with Crippen molar-refractivity contribution in [3.05, 3.63) is 28.2 Å². The summed E-state index contributed by atoms with van der Waals surface area (Å²) in [6.45, 7) is 5.39. The van der Waals surface area contributed by atoms with Crippen molar-refractivity contribution in [2.45, 2.75) is 32.2 Å². The molecule has 4 heteroatoms. The third-order valence-corrected chi connectivity index (χ3v) is 4.30. The highest BCUT2D eigenvalue weighted by molar-refractivity contribution is 6.42. The number of hydrogen-bond donors (Lipinski definition) is 1. The van der Waals surface area contributed by atoms with Crippen LogP contribution in [0.4, 0.5) is 5.69 Å². The van der Waals surface area contributed by atoms with Gasteiger partial charge in [-0.3, -0.25) is 0 Å². The van der Waals surface area contributed by atoms with Gasteiger partial charge in [0.15, 0.2) is 0 Å². The maximum atomic E-state index is 6.07. The number of rotatable bonds is 5. The van der Waals surface area contributed by atoms with Gasteiger partial charge in [0.1, 0.15) is 0 Å². The van der Waals surface area contributed by atoms with Crippen molar-refractivity contribution in [1.29, 1.82) is 0 Å². The van der Waals surface area contributed by atoms with Crippen LogP contribution in [0, 0.1) is 0 Å². The molecule has 0 amide bonds. The molecule has 1 atom stereocenters. The summed E-state index contributed by atoms with van der Waals surface area (Å²) in [6, 6.07) is 6.55. The van der Waals surface area contributed by atoms with Crippen molar-refractivity contribution in [2.75, 3.05) is 24.5 Å². The zero-order valence-corrected chi connectivity index (χ0v) is 12.3. The van der Waals surface area contributed by atoms with Crippen molar-refractivity contribution >= 4 is 28.9 Å². The van der Waals surface area contributed by atoms with Gasteiger partial charge >= 0.3 is 0 Å². The molecule has 0 unspecified atom stereocenters. The van der Waals surface area contributed by atoms with Crippen LogP contribution in [0.2, 0.25) is 10.0 Å². The first-order valence-electron chi connectivity index (χ1n) is 6.64. The summed E-state index contributed by atoms with van der Waals surface area (Å²) < 4.78 is 0. The van der Waals surface area contributed by atoms with Crippen LogP contribution in [-0.4, -0.2) is 25.7 Å². The van der Waals surface area contributed by atoms with E-state index in [0.717, 1.165) is 18.8 Å². The van der Waals surface area contributed by atoms with E-state index in [9.17, 15) is 0 Å². The third kappa shape index (κ3) is 3.53. The second-order valence-electron chi connectivity index (χ2n) is 4.76. The van der Waals surface area contributed by atoms with Gasteiger partial charge in [-0.2, -0.15) is 0 Å². The Morgan fingerprint density at radius 3 is 2.78 bits per heavy atom. The summed E-state index contributed by atoms with van der Waals surface area (Å²) in [7, 11) is 0. The van der Waals surface area contributed by atoms with Gasteiger partial charge in [-0.15, -0.1) is 0 Å². The molecule has 18 heavy (non-hydrogen) atoms. The fourth-order valence-electron chi connectivity index (χ4n) is 2.47. The van der Waals surface area contributed by atoms with Gasteiger partial charge in [-0.25, -0.2) is 0 Å². The monoisotopic (exact) mass is 286 g/mol. The summed E-state index contributed by atoms with van der Waals surface area (Å²) >= 11 is 12.0. The Kier molecular flexibility index (Phi) is 5.16. The van der Waals surface area contributed by atoms with E-state index in [2.05, 4.69) is 17.1 Å². The molecule has 1 aromatic carbocycles. The van der Waals surface area contributed by atoms with Crippen LogP contribution < -0.4 is 10.2 Å². The number of benzene rings is 1. The molecular weight excluding hydrogens is 267 g/mol. The van der Waals surface area contributed by atoms with E-state index in [0.29, 0.717) is 16.1 Å². The Labute approximate surface area is 119 Å². The van der Waals surface area contributed by atoms with E-state index < -0.39 is 0 Å². The molecule has 1 N–H and O–H groups in total. The van der Waals surface area contributed by atoms with Gasteiger partial charge in [0.25, 0.3) is 0 Å². The lowest BCUT2D eigenvalue weighted by molar-refractivity contribution is 0.553. The van der Waals surface area contributed by atoms with Crippen LogP contribution in [0.3, 0.4) is 0 Å².